The minimum Gasteiger partial charge on any atom is -0.497 e. The van der Waals surface area contributed by atoms with Gasteiger partial charge in [0.25, 0.3) is 20.2 Å². The van der Waals surface area contributed by atoms with E-state index in [0.717, 1.165) is 20.4 Å². The summed E-state index contributed by atoms with van der Waals surface area (Å²) >= 11 is 2.20. The number of halogens is 1. The molecule has 3 aromatic carbocycles. The van der Waals surface area contributed by atoms with Gasteiger partial charge in [0.2, 0.25) is 11.8 Å². The second kappa shape index (κ2) is 15.9. The van der Waals surface area contributed by atoms with E-state index in [0.29, 0.717) is 55.4 Å². The zero-order valence-corrected chi connectivity index (χ0v) is 28.4. The van der Waals surface area contributed by atoms with Crippen molar-refractivity contribution in [3.63, 3.8) is 0 Å². The zero-order chi connectivity index (χ0) is 32.5. The van der Waals surface area contributed by atoms with E-state index in [9.17, 15) is 16.8 Å². The van der Waals surface area contributed by atoms with Crippen molar-refractivity contribution in [3.05, 3.63) is 82.3 Å². The van der Waals surface area contributed by atoms with E-state index < -0.39 is 20.2 Å². The Kier molecular flexibility index (Phi) is 12.2. The first-order valence-electron chi connectivity index (χ1n) is 14.2. The lowest BCUT2D eigenvalue weighted by Gasteiger charge is -2.19. The number of rotatable bonds is 15. The number of hydrogen-bond donors (Lipinski definition) is 2. The van der Waals surface area contributed by atoms with Crippen LogP contribution in [0, 0.1) is 3.57 Å². The molecule has 14 heteroatoms. The molecule has 0 unspecified atom stereocenters. The average molecular weight is 771 g/mol. The van der Waals surface area contributed by atoms with Gasteiger partial charge >= 0.3 is 0 Å². The molecule has 0 radical (unpaired) electrons. The fraction of sp³-hybridized carbons (Fsp3) is 0.323. The third-order valence-electron chi connectivity index (χ3n) is 6.80. The van der Waals surface area contributed by atoms with Crippen LogP contribution in [0.5, 0.6) is 17.2 Å². The van der Waals surface area contributed by atoms with E-state index in [2.05, 4.69) is 27.6 Å². The van der Waals surface area contributed by atoms with Crippen molar-refractivity contribution in [2.75, 3.05) is 36.6 Å². The quantitative estimate of drug-likeness (QED) is 0.0600. The Hall–Kier alpha value is -3.18. The maximum absolute atomic E-state index is 11.1. The summed E-state index contributed by atoms with van der Waals surface area (Å²) in [6.07, 6.45) is 3.76. The van der Waals surface area contributed by atoms with Crippen LogP contribution in [0.15, 0.2) is 83.7 Å². The van der Waals surface area contributed by atoms with Crippen molar-refractivity contribution >= 4 is 54.4 Å². The molecule has 0 bridgehead atoms. The van der Waals surface area contributed by atoms with Gasteiger partial charge in [-0.15, -0.1) is 0 Å². The monoisotopic (exact) mass is 770 g/mol. The summed E-state index contributed by atoms with van der Waals surface area (Å²) in [5, 5.41) is 0. The lowest BCUT2D eigenvalue weighted by atomic mass is 10.1. The van der Waals surface area contributed by atoms with Gasteiger partial charge in [-0.25, -0.2) is 0 Å². The Morgan fingerprint density at radius 1 is 0.889 bits per heavy atom. The van der Waals surface area contributed by atoms with E-state index in [1.54, 1.807) is 25.3 Å². The Bertz CT molecular complexity index is 1750. The minimum atomic E-state index is -4.07. The number of fused-ring (bicyclic) bond motifs is 1. The zero-order valence-electron chi connectivity index (χ0n) is 24.6. The molecule has 0 atom stereocenters. The highest BCUT2D eigenvalue weighted by atomic mass is 127. The van der Waals surface area contributed by atoms with Gasteiger partial charge in [-0.05, 0) is 83.7 Å². The van der Waals surface area contributed by atoms with Gasteiger partial charge < -0.3 is 19.1 Å². The van der Waals surface area contributed by atoms with Gasteiger partial charge in [-0.1, -0.05) is 42.8 Å². The highest BCUT2D eigenvalue weighted by molar-refractivity contribution is 14.1. The largest absolute Gasteiger partial charge is 0.497 e. The van der Waals surface area contributed by atoms with E-state index in [-0.39, 0.29) is 30.4 Å². The van der Waals surface area contributed by atoms with Crippen molar-refractivity contribution < 1.29 is 40.2 Å². The molecule has 2 N–H and O–H groups in total. The third kappa shape index (κ3) is 11.0. The van der Waals surface area contributed by atoms with Crippen molar-refractivity contribution in [2.45, 2.75) is 32.1 Å². The molecule has 4 rings (SSSR count). The van der Waals surface area contributed by atoms with Gasteiger partial charge in [-0.2, -0.15) is 16.8 Å². The third-order valence-corrected chi connectivity index (χ3v) is 9.25. The number of benzene rings is 3. The first kappa shape index (κ1) is 34.7. The van der Waals surface area contributed by atoms with Gasteiger partial charge in [0.15, 0.2) is 5.75 Å². The number of unbranched alkanes of at least 4 members (excludes halogenated alkanes) is 3. The van der Waals surface area contributed by atoms with Crippen LogP contribution < -0.4 is 19.1 Å². The van der Waals surface area contributed by atoms with Gasteiger partial charge in [0.05, 0.1) is 33.9 Å². The Morgan fingerprint density at radius 3 is 2.27 bits per heavy atom. The van der Waals surface area contributed by atoms with Crippen molar-refractivity contribution in [1.29, 1.82) is 0 Å². The second-order valence-corrected chi connectivity index (χ2v) is 14.5. The molecule has 0 aromatic heterocycles. The number of ether oxygens (including phenoxy) is 3. The molecular weight excluding hydrogens is 735 g/mol. The number of methoxy groups -OCH3 is 1. The summed E-state index contributed by atoms with van der Waals surface area (Å²) in [7, 11) is -6.53. The predicted octanol–water partition coefficient (Wildman–Crippen LogP) is 6.21. The molecule has 0 amide bonds. The molecule has 0 saturated heterocycles. The molecular formula is C31H35IN2O9S2. The molecule has 0 saturated carbocycles. The van der Waals surface area contributed by atoms with Crippen LogP contribution in [-0.4, -0.2) is 63.5 Å². The minimum absolute atomic E-state index is 0.229. The molecule has 3 aromatic rings. The van der Waals surface area contributed by atoms with Crippen molar-refractivity contribution in [1.82, 2.24) is 0 Å². The summed E-state index contributed by atoms with van der Waals surface area (Å²) in [6.45, 7) is 0.714. The normalized spacial score (nSPS) is 14.4. The second-order valence-electron chi connectivity index (χ2n) is 10.2. The number of hydrogen-bond acceptors (Lipinski definition) is 9. The first-order valence-corrected chi connectivity index (χ1v) is 18.5. The summed E-state index contributed by atoms with van der Waals surface area (Å²) in [4.78, 5) is 6.53. The fourth-order valence-corrected chi connectivity index (χ4v) is 6.35. The van der Waals surface area contributed by atoms with E-state index in [1.807, 2.05) is 59.5 Å². The standard InChI is InChI=1S/C31H35IN2O9S2/c1-41-25-13-15-29-27(21-25)34(17-7-3-8-18-44(35,36)37)31(43-29)22-30(33-16-6-9-19-45(38,39)40)42-28-14-12-24(20-26(28)32)23-10-4-2-5-11-23/h2,4-5,10-15,20-22H,3,6-9,16-19H2,1H3,(H,35,36,37)(H,38,39,40)/b31-22-,33-30?. The first-order chi connectivity index (χ1) is 21.4. The molecule has 0 aliphatic carbocycles. The molecule has 242 valence electrons. The maximum atomic E-state index is 11.1. The molecule has 45 heavy (non-hydrogen) atoms. The summed E-state index contributed by atoms with van der Waals surface area (Å²) in [5.74, 6) is 1.79. The number of anilines is 1. The van der Waals surface area contributed by atoms with Crippen LogP contribution in [0.25, 0.3) is 11.1 Å². The van der Waals surface area contributed by atoms with Crippen molar-refractivity contribution in [2.24, 2.45) is 4.99 Å². The summed E-state index contributed by atoms with van der Waals surface area (Å²) in [6, 6.07) is 21.2. The summed E-state index contributed by atoms with van der Waals surface area (Å²) in [5.41, 5.74) is 2.85. The van der Waals surface area contributed by atoms with E-state index in [4.69, 9.17) is 23.3 Å². The highest BCUT2D eigenvalue weighted by Gasteiger charge is 2.27. The van der Waals surface area contributed by atoms with Crippen LogP contribution >= 0.6 is 22.6 Å². The topological polar surface area (TPSA) is 152 Å². The molecule has 1 heterocycles. The Balaban J connectivity index is 1.60. The Labute approximate surface area is 277 Å². The van der Waals surface area contributed by atoms with Crippen LogP contribution in [-0.2, 0) is 20.2 Å². The number of aliphatic imine (C=N–C) groups is 1. The SMILES string of the molecule is COc1ccc2c(c1)N(CCCCCS(=O)(=O)O)/C(=C/C(=NCCCCS(=O)(=O)O)Oc1ccc(-c3ccccc3)cc1I)O2. The van der Waals surface area contributed by atoms with E-state index in [1.165, 1.54) is 0 Å². The number of nitrogens with zero attached hydrogens (tertiary/aromatic N) is 2. The molecule has 0 spiro atoms. The van der Waals surface area contributed by atoms with Crippen LogP contribution in [0.1, 0.15) is 32.1 Å². The van der Waals surface area contributed by atoms with Gasteiger partial charge in [0.1, 0.15) is 11.5 Å². The molecule has 1 aliphatic heterocycles. The van der Waals surface area contributed by atoms with Crippen LogP contribution in [0.2, 0.25) is 0 Å². The fourth-order valence-electron chi connectivity index (χ4n) is 4.58. The lowest BCUT2D eigenvalue weighted by Crippen LogP contribution is -2.23. The van der Waals surface area contributed by atoms with Gasteiger partial charge in [0, 0.05) is 19.2 Å². The van der Waals surface area contributed by atoms with E-state index >= 15 is 0 Å². The van der Waals surface area contributed by atoms with Crippen LogP contribution in [0.4, 0.5) is 5.69 Å². The van der Waals surface area contributed by atoms with Crippen molar-refractivity contribution in [3.8, 4) is 28.4 Å². The average Bonchev–Trinajstić information content (AvgIpc) is 3.32. The Morgan fingerprint density at radius 2 is 1.60 bits per heavy atom. The highest BCUT2D eigenvalue weighted by Crippen LogP contribution is 2.41. The van der Waals surface area contributed by atoms with Gasteiger partial charge in [-0.3, -0.25) is 14.1 Å². The lowest BCUT2D eigenvalue weighted by molar-refractivity contribution is 0.413. The molecule has 0 fully saturated rings. The maximum Gasteiger partial charge on any atom is 0.264 e. The summed E-state index contributed by atoms with van der Waals surface area (Å²) < 4.78 is 81.4. The van der Waals surface area contributed by atoms with Crippen LogP contribution in [0.3, 0.4) is 0 Å². The molecule has 11 nitrogen and oxygen atoms in total. The predicted molar refractivity (Wildman–Crippen MR) is 182 cm³/mol. The smallest absolute Gasteiger partial charge is 0.264 e. The molecule has 1 aliphatic rings.